The molecule has 0 spiro atoms. The molecule has 0 radical (unpaired) electrons. The Morgan fingerprint density at radius 2 is 1.82 bits per heavy atom. The number of rotatable bonds is 4. The van der Waals surface area contributed by atoms with Crippen LogP contribution in [-0.2, 0) is 35.3 Å². The fourth-order valence-corrected chi connectivity index (χ4v) is 3.17. The molecule has 1 atom stereocenters. The Hall–Kier alpha value is -2.42. The second-order valence-corrected chi connectivity index (χ2v) is 6.88. The second-order valence-electron chi connectivity index (χ2n) is 6.26. The molecule has 1 aliphatic heterocycles. The maximum Gasteiger partial charge on any atom is 0.451 e. The van der Waals surface area contributed by atoms with Crippen LogP contribution in [-0.4, -0.2) is 37.9 Å². The van der Waals surface area contributed by atoms with Gasteiger partial charge in [-0.3, -0.25) is 9.59 Å². The number of alkyl halides is 3. The summed E-state index contributed by atoms with van der Waals surface area (Å²) in [5.41, 5.74) is -0.0441. The maximum absolute atomic E-state index is 13.7. The molecule has 0 N–H and O–H groups in total. The molecule has 1 unspecified atom stereocenters. The van der Waals surface area contributed by atoms with E-state index in [1.54, 1.807) is 0 Å². The zero-order chi connectivity index (χ0) is 20.6. The number of hydrogen-bond acceptors (Lipinski definition) is 4. The van der Waals surface area contributed by atoms with Crippen molar-refractivity contribution in [2.75, 3.05) is 6.54 Å². The minimum absolute atomic E-state index is 0.0309. The third-order valence-electron chi connectivity index (χ3n) is 4.26. The van der Waals surface area contributed by atoms with E-state index in [0.29, 0.717) is 6.07 Å². The van der Waals surface area contributed by atoms with Gasteiger partial charge in [0.1, 0.15) is 17.4 Å². The summed E-state index contributed by atoms with van der Waals surface area (Å²) in [6.45, 7) is -0.406. The highest BCUT2D eigenvalue weighted by Gasteiger charge is 2.40. The Labute approximate surface area is 157 Å². The molecule has 6 nitrogen and oxygen atoms in total. The van der Waals surface area contributed by atoms with E-state index in [-0.39, 0.29) is 36.3 Å². The van der Waals surface area contributed by atoms with Gasteiger partial charge in [-0.05, 0) is 11.6 Å². The van der Waals surface area contributed by atoms with E-state index in [1.807, 2.05) is 0 Å². The molecule has 12 heteroatoms. The number of Topliss-reactive ketones (excluding diaryl/α,β-unsaturated/α-hetero) is 1. The van der Waals surface area contributed by atoms with Crippen LogP contribution < -0.4 is 5.30 Å². The Morgan fingerprint density at radius 1 is 1.11 bits per heavy atom. The number of carbonyl (C=O) groups is 2. The van der Waals surface area contributed by atoms with Crippen molar-refractivity contribution in [3.63, 3.8) is 0 Å². The van der Waals surface area contributed by atoms with Gasteiger partial charge in [-0.1, -0.05) is 0 Å². The topological polar surface area (TPSA) is 68.1 Å². The molecular weight excluding hydrogens is 406 g/mol. The van der Waals surface area contributed by atoms with Gasteiger partial charge in [-0.25, -0.2) is 8.78 Å². The van der Waals surface area contributed by atoms with Gasteiger partial charge >= 0.3 is 6.18 Å². The van der Waals surface area contributed by atoms with Crippen molar-refractivity contribution >= 4 is 26.2 Å². The molecule has 1 aromatic carbocycles. The van der Waals surface area contributed by atoms with E-state index in [4.69, 9.17) is 0 Å². The molecule has 2 heterocycles. The minimum atomic E-state index is -4.65. The fraction of sp³-hybridized carbons (Fsp3) is 0.375. The lowest BCUT2D eigenvalue weighted by Crippen LogP contribution is -2.40. The SMILES string of the molecule is O=C(CC(=O)N1CCn2c(nnc2C(F)(F)F)C1)Cc1cc(P)c(F)cc1F. The predicted molar refractivity (Wildman–Crippen MR) is 89.5 cm³/mol. The first-order chi connectivity index (χ1) is 13.1. The summed E-state index contributed by atoms with van der Waals surface area (Å²) in [6, 6.07) is 1.82. The quantitative estimate of drug-likeness (QED) is 0.429. The van der Waals surface area contributed by atoms with Gasteiger partial charge in [0.05, 0.1) is 13.0 Å². The summed E-state index contributed by atoms with van der Waals surface area (Å²) in [5.74, 6) is -4.03. The average Bonchev–Trinajstić information content (AvgIpc) is 3.03. The highest BCUT2D eigenvalue weighted by Crippen LogP contribution is 2.29. The monoisotopic (exact) mass is 420 g/mol. The van der Waals surface area contributed by atoms with Crippen LogP contribution in [0.15, 0.2) is 12.1 Å². The van der Waals surface area contributed by atoms with Crippen LogP contribution in [0, 0.1) is 11.6 Å². The van der Waals surface area contributed by atoms with Gasteiger partial charge in [-0.15, -0.1) is 19.4 Å². The highest BCUT2D eigenvalue weighted by atomic mass is 31.0. The van der Waals surface area contributed by atoms with Crippen molar-refractivity contribution in [3.8, 4) is 0 Å². The summed E-state index contributed by atoms with van der Waals surface area (Å²) < 4.78 is 66.4. The predicted octanol–water partition coefficient (Wildman–Crippen LogP) is 1.62. The lowest BCUT2D eigenvalue weighted by Gasteiger charge is -2.28. The zero-order valence-corrected chi connectivity index (χ0v) is 15.4. The van der Waals surface area contributed by atoms with Crippen LogP contribution in [0.1, 0.15) is 23.6 Å². The molecule has 0 aliphatic carbocycles. The lowest BCUT2D eigenvalue weighted by molar-refractivity contribution is -0.148. The Bertz CT molecular complexity index is 944. The summed E-state index contributed by atoms with van der Waals surface area (Å²) in [6.07, 6.45) is -5.60. The van der Waals surface area contributed by atoms with Crippen molar-refractivity contribution in [1.82, 2.24) is 19.7 Å². The van der Waals surface area contributed by atoms with E-state index in [0.717, 1.165) is 4.57 Å². The Kier molecular flexibility index (Phi) is 5.47. The van der Waals surface area contributed by atoms with E-state index < -0.39 is 48.2 Å². The first-order valence-electron chi connectivity index (χ1n) is 8.08. The lowest BCUT2D eigenvalue weighted by atomic mass is 10.1. The van der Waals surface area contributed by atoms with Crippen LogP contribution in [0.25, 0.3) is 0 Å². The number of halogens is 5. The van der Waals surface area contributed by atoms with Crippen LogP contribution in [0.2, 0.25) is 0 Å². The van der Waals surface area contributed by atoms with Crippen molar-refractivity contribution in [1.29, 1.82) is 0 Å². The van der Waals surface area contributed by atoms with Gasteiger partial charge < -0.3 is 9.47 Å². The number of aromatic nitrogens is 3. The maximum atomic E-state index is 13.7. The molecule has 150 valence electrons. The molecule has 28 heavy (non-hydrogen) atoms. The molecule has 0 fully saturated rings. The summed E-state index contributed by atoms with van der Waals surface area (Å²) in [7, 11) is 2.08. The van der Waals surface area contributed by atoms with Gasteiger partial charge in [0.2, 0.25) is 11.7 Å². The third-order valence-corrected chi connectivity index (χ3v) is 4.70. The average molecular weight is 420 g/mol. The van der Waals surface area contributed by atoms with E-state index in [2.05, 4.69) is 19.4 Å². The standard InChI is InChI=1S/C16H14F5N4O2P/c17-10-6-11(18)12(28)4-8(10)3-9(26)5-14(27)24-1-2-25-13(7-24)22-23-15(25)16(19,20)21/h4,6H,1-3,5,7,28H2. The second kappa shape index (κ2) is 7.54. The largest absolute Gasteiger partial charge is 0.451 e. The van der Waals surface area contributed by atoms with E-state index in [9.17, 15) is 31.5 Å². The van der Waals surface area contributed by atoms with Crippen molar-refractivity contribution in [2.24, 2.45) is 0 Å². The van der Waals surface area contributed by atoms with Gasteiger partial charge in [0.15, 0.2) is 5.82 Å². The molecule has 1 aromatic heterocycles. The smallest absolute Gasteiger partial charge is 0.333 e. The van der Waals surface area contributed by atoms with Crippen molar-refractivity contribution < 1.29 is 31.5 Å². The number of hydrogen-bond donors (Lipinski definition) is 0. The molecule has 0 saturated carbocycles. The Balaban J connectivity index is 1.64. The van der Waals surface area contributed by atoms with Crippen molar-refractivity contribution in [2.45, 2.75) is 32.1 Å². The Morgan fingerprint density at radius 3 is 2.50 bits per heavy atom. The van der Waals surface area contributed by atoms with E-state index in [1.165, 1.54) is 11.0 Å². The molecule has 1 amide bonds. The van der Waals surface area contributed by atoms with Crippen LogP contribution in [0.4, 0.5) is 22.0 Å². The molecular formula is C16H14F5N4O2P. The first kappa shape index (κ1) is 20.3. The first-order valence-corrected chi connectivity index (χ1v) is 8.66. The summed E-state index contributed by atoms with van der Waals surface area (Å²) >= 11 is 0. The molecule has 0 saturated heterocycles. The third kappa shape index (κ3) is 4.19. The number of nitrogens with zero attached hydrogens (tertiary/aromatic N) is 4. The number of benzene rings is 1. The number of amides is 1. The number of carbonyl (C=O) groups excluding carboxylic acids is 2. The van der Waals surface area contributed by atoms with Gasteiger partial charge in [0.25, 0.3) is 0 Å². The summed E-state index contributed by atoms with van der Waals surface area (Å²) in [4.78, 5) is 25.6. The van der Waals surface area contributed by atoms with Crippen LogP contribution in [0.3, 0.4) is 0 Å². The molecule has 0 bridgehead atoms. The normalized spacial score (nSPS) is 14.1. The number of ketones is 1. The fourth-order valence-electron chi connectivity index (χ4n) is 2.88. The molecule has 3 rings (SSSR count). The van der Waals surface area contributed by atoms with Crippen molar-refractivity contribution in [3.05, 3.63) is 41.0 Å². The van der Waals surface area contributed by atoms with Gasteiger partial charge in [0, 0.05) is 30.9 Å². The number of fused-ring (bicyclic) bond motifs is 1. The van der Waals surface area contributed by atoms with Gasteiger partial charge in [-0.2, -0.15) is 13.2 Å². The van der Waals surface area contributed by atoms with Crippen LogP contribution >= 0.6 is 9.24 Å². The zero-order valence-electron chi connectivity index (χ0n) is 14.3. The van der Waals surface area contributed by atoms with Crippen LogP contribution in [0.5, 0.6) is 0 Å². The summed E-state index contributed by atoms with van der Waals surface area (Å²) in [5, 5.41) is 6.66. The van der Waals surface area contributed by atoms with E-state index >= 15 is 0 Å². The molecule has 2 aromatic rings. The molecule has 1 aliphatic rings. The minimum Gasteiger partial charge on any atom is -0.333 e. The highest BCUT2D eigenvalue weighted by molar-refractivity contribution is 7.27.